The van der Waals surface area contributed by atoms with Crippen molar-refractivity contribution in [3.63, 3.8) is 0 Å². The number of nitrogens with two attached hydrogens (primary N) is 1. The van der Waals surface area contributed by atoms with E-state index in [2.05, 4.69) is 39.0 Å². The second-order valence-electron chi connectivity index (χ2n) is 5.44. The van der Waals surface area contributed by atoms with Gasteiger partial charge in [0.15, 0.2) is 0 Å². The fourth-order valence-electron chi connectivity index (χ4n) is 2.41. The fourth-order valence-corrected chi connectivity index (χ4v) is 3.03. The Balaban J connectivity index is 1.87. The molecule has 0 unspecified atom stereocenters. The van der Waals surface area contributed by atoms with Gasteiger partial charge in [-0.1, -0.05) is 6.07 Å². The first-order valence-corrected chi connectivity index (χ1v) is 7.78. The van der Waals surface area contributed by atoms with Crippen LogP contribution in [0.2, 0.25) is 0 Å². The van der Waals surface area contributed by atoms with Crippen LogP contribution in [0.25, 0.3) is 0 Å². The summed E-state index contributed by atoms with van der Waals surface area (Å²) in [5.41, 5.74) is 8.30. The molecule has 0 saturated heterocycles. The molecule has 20 heavy (non-hydrogen) atoms. The SMILES string of the molecule is C[C@@H](N)c1ccc(N(Cc2ccco2)C2CC2)c(Br)c1. The zero-order valence-electron chi connectivity index (χ0n) is 11.6. The van der Waals surface area contributed by atoms with Gasteiger partial charge in [-0.2, -0.15) is 0 Å². The average Bonchev–Trinajstić information content (AvgIpc) is 3.14. The summed E-state index contributed by atoms with van der Waals surface area (Å²) in [7, 11) is 0. The third-order valence-corrected chi connectivity index (χ3v) is 4.34. The average molecular weight is 335 g/mol. The maximum absolute atomic E-state index is 5.94. The summed E-state index contributed by atoms with van der Waals surface area (Å²) in [5, 5.41) is 0. The van der Waals surface area contributed by atoms with Crippen LogP contribution in [0.3, 0.4) is 0 Å². The minimum absolute atomic E-state index is 0.0554. The van der Waals surface area contributed by atoms with E-state index in [1.54, 1.807) is 6.26 Å². The van der Waals surface area contributed by atoms with E-state index in [1.807, 2.05) is 19.1 Å². The summed E-state index contributed by atoms with van der Waals surface area (Å²) in [5.74, 6) is 1.00. The van der Waals surface area contributed by atoms with Gasteiger partial charge in [0.2, 0.25) is 0 Å². The minimum Gasteiger partial charge on any atom is -0.467 e. The van der Waals surface area contributed by atoms with Gasteiger partial charge in [-0.05, 0) is 65.5 Å². The number of hydrogen-bond acceptors (Lipinski definition) is 3. The van der Waals surface area contributed by atoms with Crippen molar-refractivity contribution in [1.82, 2.24) is 0 Å². The second kappa shape index (κ2) is 5.62. The molecule has 1 aromatic carbocycles. The van der Waals surface area contributed by atoms with Crippen LogP contribution in [0.1, 0.15) is 37.1 Å². The van der Waals surface area contributed by atoms with Crippen LogP contribution in [0.5, 0.6) is 0 Å². The summed E-state index contributed by atoms with van der Waals surface area (Å²) < 4.78 is 6.59. The van der Waals surface area contributed by atoms with Gasteiger partial charge in [-0.15, -0.1) is 0 Å². The highest BCUT2D eigenvalue weighted by atomic mass is 79.9. The highest BCUT2D eigenvalue weighted by Gasteiger charge is 2.30. The fraction of sp³-hybridized carbons (Fsp3) is 0.375. The maximum Gasteiger partial charge on any atom is 0.123 e. The van der Waals surface area contributed by atoms with Gasteiger partial charge in [0, 0.05) is 16.6 Å². The van der Waals surface area contributed by atoms with Crippen LogP contribution in [0.4, 0.5) is 5.69 Å². The Kier molecular flexibility index (Phi) is 3.85. The topological polar surface area (TPSA) is 42.4 Å². The summed E-state index contributed by atoms with van der Waals surface area (Å²) in [6.45, 7) is 2.82. The molecule has 2 N–H and O–H groups in total. The molecule has 1 saturated carbocycles. The van der Waals surface area contributed by atoms with Gasteiger partial charge >= 0.3 is 0 Å². The standard InChI is InChI=1S/C16H19BrN2O/c1-11(18)12-4-7-16(15(17)9-12)19(13-5-6-13)10-14-3-2-8-20-14/h2-4,7-9,11,13H,5-6,10,18H2,1H3/t11-/m1/s1. The Hall–Kier alpha value is -1.26. The molecule has 2 aromatic rings. The van der Waals surface area contributed by atoms with E-state index in [0.717, 1.165) is 22.3 Å². The third kappa shape index (κ3) is 2.91. The molecule has 1 fully saturated rings. The van der Waals surface area contributed by atoms with Gasteiger partial charge in [0.25, 0.3) is 0 Å². The van der Waals surface area contributed by atoms with Gasteiger partial charge < -0.3 is 15.1 Å². The van der Waals surface area contributed by atoms with Gasteiger partial charge in [0.1, 0.15) is 5.76 Å². The van der Waals surface area contributed by atoms with Crippen LogP contribution in [-0.4, -0.2) is 6.04 Å². The van der Waals surface area contributed by atoms with Crippen LogP contribution in [0, 0.1) is 0 Å². The number of benzene rings is 1. The van der Waals surface area contributed by atoms with E-state index in [1.165, 1.54) is 18.5 Å². The molecular formula is C16H19BrN2O. The highest BCUT2D eigenvalue weighted by molar-refractivity contribution is 9.10. The molecule has 0 radical (unpaired) electrons. The van der Waals surface area contributed by atoms with E-state index in [4.69, 9.17) is 10.2 Å². The summed E-state index contributed by atoms with van der Waals surface area (Å²) >= 11 is 3.69. The molecule has 0 bridgehead atoms. The zero-order chi connectivity index (χ0) is 14.1. The Morgan fingerprint density at radius 3 is 2.75 bits per heavy atom. The Morgan fingerprint density at radius 2 is 2.20 bits per heavy atom. The molecule has 1 aromatic heterocycles. The third-order valence-electron chi connectivity index (χ3n) is 3.70. The molecular weight excluding hydrogens is 316 g/mol. The van der Waals surface area contributed by atoms with E-state index in [-0.39, 0.29) is 6.04 Å². The highest BCUT2D eigenvalue weighted by Crippen LogP contribution is 2.37. The van der Waals surface area contributed by atoms with Crippen molar-refractivity contribution in [2.24, 2.45) is 5.73 Å². The van der Waals surface area contributed by atoms with Crippen molar-refractivity contribution in [2.75, 3.05) is 4.90 Å². The molecule has 1 aliphatic carbocycles. The van der Waals surface area contributed by atoms with Crippen molar-refractivity contribution in [3.05, 3.63) is 52.4 Å². The van der Waals surface area contributed by atoms with Crippen LogP contribution < -0.4 is 10.6 Å². The first-order valence-electron chi connectivity index (χ1n) is 6.99. The number of halogens is 1. The lowest BCUT2D eigenvalue weighted by Crippen LogP contribution is -2.25. The van der Waals surface area contributed by atoms with Crippen LogP contribution in [0.15, 0.2) is 45.5 Å². The molecule has 1 atom stereocenters. The molecule has 106 valence electrons. The van der Waals surface area contributed by atoms with E-state index in [0.29, 0.717) is 6.04 Å². The molecule has 0 amide bonds. The van der Waals surface area contributed by atoms with Crippen molar-refractivity contribution >= 4 is 21.6 Å². The Morgan fingerprint density at radius 1 is 1.40 bits per heavy atom. The molecule has 3 rings (SSSR count). The van der Waals surface area contributed by atoms with Crippen molar-refractivity contribution in [2.45, 2.75) is 38.4 Å². The smallest absolute Gasteiger partial charge is 0.123 e. The van der Waals surface area contributed by atoms with E-state index >= 15 is 0 Å². The van der Waals surface area contributed by atoms with E-state index < -0.39 is 0 Å². The first kappa shape index (κ1) is 13.7. The van der Waals surface area contributed by atoms with Crippen molar-refractivity contribution < 1.29 is 4.42 Å². The second-order valence-corrected chi connectivity index (χ2v) is 6.29. The largest absolute Gasteiger partial charge is 0.467 e. The van der Waals surface area contributed by atoms with Gasteiger partial charge in [-0.3, -0.25) is 0 Å². The molecule has 0 aliphatic heterocycles. The summed E-state index contributed by atoms with van der Waals surface area (Å²) in [4.78, 5) is 2.41. The number of nitrogens with zero attached hydrogens (tertiary/aromatic N) is 1. The number of anilines is 1. The summed E-state index contributed by atoms with van der Waals surface area (Å²) in [6.07, 6.45) is 4.24. The summed E-state index contributed by atoms with van der Waals surface area (Å²) in [6, 6.07) is 11.0. The lowest BCUT2D eigenvalue weighted by molar-refractivity contribution is 0.501. The molecule has 1 aliphatic rings. The maximum atomic E-state index is 5.94. The Bertz CT molecular complexity index is 576. The molecule has 1 heterocycles. The minimum atomic E-state index is 0.0554. The van der Waals surface area contributed by atoms with Crippen LogP contribution >= 0.6 is 15.9 Å². The van der Waals surface area contributed by atoms with Crippen molar-refractivity contribution in [3.8, 4) is 0 Å². The lowest BCUT2D eigenvalue weighted by Gasteiger charge is -2.25. The first-order chi connectivity index (χ1) is 9.65. The van der Waals surface area contributed by atoms with Gasteiger partial charge in [0.05, 0.1) is 18.5 Å². The zero-order valence-corrected chi connectivity index (χ0v) is 13.1. The molecule has 4 heteroatoms. The molecule has 0 spiro atoms. The predicted molar refractivity (Wildman–Crippen MR) is 84.7 cm³/mol. The van der Waals surface area contributed by atoms with Gasteiger partial charge in [-0.25, -0.2) is 0 Å². The Labute approximate surface area is 127 Å². The van der Waals surface area contributed by atoms with Crippen LogP contribution in [-0.2, 0) is 6.54 Å². The molecule has 3 nitrogen and oxygen atoms in total. The lowest BCUT2D eigenvalue weighted by atomic mass is 10.1. The predicted octanol–water partition coefficient (Wildman–Crippen LogP) is 4.23. The monoisotopic (exact) mass is 334 g/mol. The van der Waals surface area contributed by atoms with Crippen molar-refractivity contribution in [1.29, 1.82) is 0 Å². The number of rotatable bonds is 5. The van der Waals surface area contributed by atoms with E-state index in [9.17, 15) is 0 Å². The number of furan rings is 1. The normalized spacial score (nSPS) is 16.1. The quantitative estimate of drug-likeness (QED) is 0.889. The number of hydrogen-bond donors (Lipinski definition) is 1.